The number of hydrogen-bond acceptors (Lipinski definition) is 11. The minimum Gasteiger partial charge on any atom is -0.545 e. The van der Waals surface area contributed by atoms with Crippen molar-refractivity contribution in [2.75, 3.05) is 0 Å². The first-order valence-electron chi connectivity index (χ1n) is 7.82. The van der Waals surface area contributed by atoms with E-state index in [4.69, 9.17) is 15.3 Å². The number of aromatic hydroxyl groups is 3. The molecule has 31 heavy (non-hydrogen) atoms. The van der Waals surface area contributed by atoms with Crippen molar-refractivity contribution in [3.8, 4) is 17.2 Å². The Hall–Kier alpha value is -4.14. The monoisotopic (exact) mass is 465 g/mol. The first-order chi connectivity index (χ1) is 14.1. The molecule has 2 heterocycles. The van der Waals surface area contributed by atoms with E-state index in [9.17, 15) is 29.7 Å². The van der Waals surface area contributed by atoms with Crippen LogP contribution in [0.3, 0.4) is 0 Å². The van der Waals surface area contributed by atoms with Gasteiger partial charge in [-0.15, -0.1) is 0 Å². The average molecular weight is 465 g/mol. The Morgan fingerprint density at radius 3 is 1.26 bits per heavy atom. The molecule has 159 valence electrons. The zero-order chi connectivity index (χ0) is 22.7. The summed E-state index contributed by atoms with van der Waals surface area (Å²) in [6, 6.07) is 7.52. The van der Waals surface area contributed by atoms with Crippen molar-refractivity contribution in [2.24, 2.45) is 0 Å². The van der Waals surface area contributed by atoms with Gasteiger partial charge in [0.25, 0.3) is 0 Å². The SMILES string of the molecule is O=C([O-])c1cc(O)c(O)c(O)c1.O=C([O-])c1cccnc1.O=C([O-])c1cccnc1.[Cr+3]. The zero-order valence-electron chi connectivity index (χ0n) is 15.4. The van der Waals surface area contributed by atoms with Gasteiger partial charge in [0.2, 0.25) is 0 Å². The molecule has 1 aromatic carbocycles. The molecule has 0 atom stereocenters. The molecule has 0 fully saturated rings. The molecule has 0 amide bonds. The van der Waals surface area contributed by atoms with E-state index in [0.29, 0.717) is 0 Å². The van der Waals surface area contributed by atoms with E-state index in [1.165, 1.54) is 36.9 Å². The number of aromatic nitrogens is 2. The van der Waals surface area contributed by atoms with Gasteiger partial charge in [0.15, 0.2) is 17.2 Å². The Morgan fingerprint density at radius 2 is 1.03 bits per heavy atom. The third-order valence-electron chi connectivity index (χ3n) is 3.10. The smallest absolute Gasteiger partial charge is 0.545 e. The van der Waals surface area contributed by atoms with Crippen molar-refractivity contribution >= 4 is 17.9 Å². The third-order valence-corrected chi connectivity index (χ3v) is 3.10. The molecule has 3 aromatic rings. The summed E-state index contributed by atoms with van der Waals surface area (Å²) in [6.45, 7) is 0. The van der Waals surface area contributed by atoms with E-state index < -0.39 is 40.7 Å². The molecular formula is C19H13CrN2O9. The summed E-state index contributed by atoms with van der Waals surface area (Å²) in [5.74, 6) is -6.07. The molecule has 0 aliphatic heterocycles. The number of nitrogens with zero attached hydrogens (tertiary/aromatic N) is 2. The Labute approximate surface area is 185 Å². The molecule has 1 radical (unpaired) electrons. The molecule has 0 spiro atoms. The van der Waals surface area contributed by atoms with Crippen molar-refractivity contribution in [3.05, 3.63) is 77.9 Å². The van der Waals surface area contributed by atoms with E-state index in [2.05, 4.69) is 9.97 Å². The first-order valence-corrected chi connectivity index (χ1v) is 7.82. The number of hydrogen-bond donors (Lipinski definition) is 3. The maximum Gasteiger partial charge on any atom is 3.00 e. The number of benzene rings is 1. The fourth-order valence-electron chi connectivity index (χ4n) is 1.69. The van der Waals surface area contributed by atoms with E-state index in [0.717, 1.165) is 12.1 Å². The number of carbonyl (C=O) groups is 3. The van der Waals surface area contributed by atoms with Crippen LogP contribution in [0.25, 0.3) is 0 Å². The number of carbonyl (C=O) groups excluding carboxylic acids is 3. The predicted octanol–water partition coefficient (Wildman–Crippen LogP) is -1.95. The summed E-state index contributed by atoms with van der Waals surface area (Å²) in [6.07, 6.45) is 5.50. The van der Waals surface area contributed by atoms with E-state index in [1.54, 1.807) is 12.1 Å². The third kappa shape index (κ3) is 9.27. The number of pyridine rings is 2. The number of phenolic OH excluding ortho intramolecular Hbond substituents is 3. The molecule has 2 aromatic heterocycles. The Balaban J connectivity index is 0.000000435. The predicted molar refractivity (Wildman–Crippen MR) is 92.9 cm³/mol. The van der Waals surface area contributed by atoms with E-state index in [1.807, 2.05) is 0 Å². The van der Waals surface area contributed by atoms with Gasteiger partial charge in [-0.05, 0) is 24.3 Å². The normalized spacial score (nSPS) is 8.90. The Morgan fingerprint density at radius 1 is 0.677 bits per heavy atom. The van der Waals surface area contributed by atoms with E-state index >= 15 is 0 Å². The molecule has 12 heteroatoms. The summed E-state index contributed by atoms with van der Waals surface area (Å²) in [7, 11) is 0. The fourth-order valence-corrected chi connectivity index (χ4v) is 1.69. The van der Waals surface area contributed by atoms with Crippen molar-refractivity contribution in [3.63, 3.8) is 0 Å². The maximum absolute atomic E-state index is 10.2. The molecule has 0 bridgehead atoms. The van der Waals surface area contributed by atoms with Crippen molar-refractivity contribution in [1.82, 2.24) is 9.97 Å². The van der Waals surface area contributed by atoms with Crippen LogP contribution in [-0.2, 0) is 17.4 Å². The number of carboxylic acid groups (broad SMARTS) is 3. The Kier molecular flexibility index (Phi) is 11.4. The van der Waals surface area contributed by atoms with Crippen LogP contribution < -0.4 is 15.3 Å². The van der Waals surface area contributed by atoms with Crippen molar-refractivity contribution < 1.29 is 62.4 Å². The average Bonchev–Trinajstić information content (AvgIpc) is 2.73. The van der Waals surface area contributed by atoms with E-state index in [-0.39, 0.29) is 28.5 Å². The van der Waals surface area contributed by atoms with Crippen LogP contribution in [0.5, 0.6) is 17.2 Å². The van der Waals surface area contributed by atoms with Gasteiger partial charge < -0.3 is 45.0 Å². The summed E-state index contributed by atoms with van der Waals surface area (Å²) in [4.78, 5) is 37.5. The minimum absolute atomic E-state index is 0. The summed E-state index contributed by atoms with van der Waals surface area (Å²) < 4.78 is 0. The van der Waals surface area contributed by atoms with Crippen molar-refractivity contribution in [2.45, 2.75) is 0 Å². The largest absolute Gasteiger partial charge is 3.00 e. The summed E-state index contributed by atoms with van der Waals surface area (Å²) in [5.41, 5.74) is -0.183. The molecule has 0 aliphatic rings. The summed E-state index contributed by atoms with van der Waals surface area (Å²) in [5, 5.41) is 56.8. The molecule has 0 aliphatic carbocycles. The number of phenols is 3. The molecule has 0 saturated heterocycles. The fraction of sp³-hybridized carbons (Fsp3) is 0. The summed E-state index contributed by atoms with van der Waals surface area (Å²) >= 11 is 0. The number of aromatic carboxylic acids is 3. The van der Waals surface area contributed by atoms with Crippen LogP contribution >= 0.6 is 0 Å². The van der Waals surface area contributed by atoms with Gasteiger partial charge in [0.05, 0.1) is 17.9 Å². The van der Waals surface area contributed by atoms with Crippen LogP contribution in [0.2, 0.25) is 0 Å². The topological polar surface area (TPSA) is 207 Å². The molecule has 3 rings (SSSR count). The van der Waals surface area contributed by atoms with Gasteiger partial charge in [-0.1, -0.05) is 12.1 Å². The van der Waals surface area contributed by atoms with Gasteiger partial charge >= 0.3 is 17.4 Å². The van der Waals surface area contributed by atoms with Gasteiger partial charge in [0, 0.05) is 41.5 Å². The van der Waals surface area contributed by atoms with Crippen LogP contribution in [0.4, 0.5) is 0 Å². The first kappa shape index (κ1) is 26.9. The van der Waals surface area contributed by atoms with Crippen LogP contribution in [0.1, 0.15) is 31.1 Å². The second-order valence-electron chi connectivity index (χ2n) is 5.21. The van der Waals surface area contributed by atoms with Gasteiger partial charge in [-0.3, -0.25) is 9.97 Å². The molecule has 3 N–H and O–H groups in total. The van der Waals surface area contributed by atoms with Gasteiger partial charge in [-0.2, -0.15) is 0 Å². The van der Waals surface area contributed by atoms with Gasteiger partial charge in [0.1, 0.15) is 0 Å². The molecule has 0 saturated carbocycles. The van der Waals surface area contributed by atoms with Crippen LogP contribution in [-0.4, -0.2) is 43.2 Å². The maximum atomic E-state index is 10.2. The second-order valence-corrected chi connectivity index (χ2v) is 5.21. The number of rotatable bonds is 3. The van der Waals surface area contributed by atoms with Crippen LogP contribution in [0.15, 0.2) is 61.2 Å². The molecule has 11 nitrogen and oxygen atoms in total. The zero-order valence-corrected chi connectivity index (χ0v) is 16.6. The van der Waals surface area contributed by atoms with Gasteiger partial charge in [-0.25, -0.2) is 0 Å². The van der Waals surface area contributed by atoms with Crippen molar-refractivity contribution in [1.29, 1.82) is 0 Å². The van der Waals surface area contributed by atoms with Crippen LogP contribution in [0, 0.1) is 0 Å². The minimum atomic E-state index is -1.54. The Bertz CT molecular complexity index is 943. The quantitative estimate of drug-likeness (QED) is 0.362. The standard InChI is InChI=1S/C7H6O5.2C6H5NO2.Cr/c8-4-1-3(7(11)12)2-5(9)6(4)10;2*8-6(9)5-2-1-3-7-4-5;/h1-2,8-10H,(H,11,12);2*1-4H,(H,8,9);/q;;;+3/p-3. The number of carboxylic acids is 3. The second kappa shape index (κ2) is 13.2. The molecule has 0 unspecified atom stereocenters. The molecular weight excluding hydrogens is 452 g/mol.